The van der Waals surface area contributed by atoms with Crippen LogP contribution in [0.4, 0.5) is 4.39 Å². The Labute approximate surface area is 89.1 Å². The first-order valence-corrected chi connectivity index (χ1v) is 5.15. The van der Waals surface area contributed by atoms with E-state index in [2.05, 4.69) is 0 Å². The Morgan fingerprint density at radius 2 is 2.14 bits per heavy atom. The highest BCUT2D eigenvalue weighted by atomic mass is 35.5. The molecule has 0 radical (unpaired) electrons. The lowest BCUT2D eigenvalue weighted by atomic mass is 9.98. The SMILES string of the molecule is CCc1cc(Cl)c(F)c(C(C)CN)c1. The van der Waals surface area contributed by atoms with Crippen molar-refractivity contribution in [1.82, 2.24) is 0 Å². The maximum atomic E-state index is 13.6. The van der Waals surface area contributed by atoms with Crippen LogP contribution in [-0.2, 0) is 6.42 Å². The Balaban J connectivity index is 3.20. The zero-order valence-corrected chi connectivity index (χ0v) is 9.24. The highest BCUT2D eigenvalue weighted by Gasteiger charge is 2.13. The second kappa shape index (κ2) is 4.76. The van der Waals surface area contributed by atoms with E-state index in [1.54, 1.807) is 6.07 Å². The van der Waals surface area contributed by atoms with Gasteiger partial charge in [-0.25, -0.2) is 4.39 Å². The number of hydrogen-bond donors (Lipinski definition) is 1. The van der Waals surface area contributed by atoms with Crippen molar-refractivity contribution in [1.29, 1.82) is 0 Å². The Morgan fingerprint density at radius 1 is 1.50 bits per heavy atom. The van der Waals surface area contributed by atoms with Gasteiger partial charge < -0.3 is 5.73 Å². The molecule has 0 aliphatic heterocycles. The summed E-state index contributed by atoms with van der Waals surface area (Å²) in [4.78, 5) is 0. The maximum Gasteiger partial charge on any atom is 0.145 e. The maximum absolute atomic E-state index is 13.6. The molecule has 1 nitrogen and oxygen atoms in total. The van der Waals surface area contributed by atoms with Gasteiger partial charge in [0.1, 0.15) is 5.82 Å². The molecule has 1 aromatic carbocycles. The number of aryl methyl sites for hydroxylation is 1. The Morgan fingerprint density at radius 3 is 2.64 bits per heavy atom. The first-order valence-electron chi connectivity index (χ1n) is 4.78. The molecule has 1 unspecified atom stereocenters. The summed E-state index contributed by atoms with van der Waals surface area (Å²) >= 11 is 5.78. The van der Waals surface area contributed by atoms with E-state index in [1.807, 2.05) is 19.9 Å². The van der Waals surface area contributed by atoms with Crippen molar-refractivity contribution in [3.05, 3.63) is 34.1 Å². The van der Waals surface area contributed by atoms with Crippen LogP contribution in [0.15, 0.2) is 12.1 Å². The monoisotopic (exact) mass is 215 g/mol. The van der Waals surface area contributed by atoms with E-state index < -0.39 is 0 Å². The van der Waals surface area contributed by atoms with E-state index in [9.17, 15) is 4.39 Å². The lowest BCUT2D eigenvalue weighted by molar-refractivity contribution is 0.590. The van der Waals surface area contributed by atoms with Gasteiger partial charge in [0.2, 0.25) is 0 Å². The molecule has 0 saturated heterocycles. The minimum Gasteiger partial charge on any atom is -0.330 e. The minimum atomic E-state index is -0.332. The van der Waals surface area contributed by atoms with Crippen molar-refractivity contribution in [3.63, 3.8) is 0 Å². The van der Waals surface area contributed by atoms with Crippen LogP contribution in [0.1, 0.15) is 30.9 Å². The summed E-state index contributed by atoms with van der Waals surface area (Å²) in [5, 5.41) is 0.194. The van der Waals surface area contributed by atoms with Crippen molar-refractivity contribution in [2.45, 2.75) is 26.2 Å². The molecule has 2 N–H and O–H groups in total. The first kappa shape index (κ1) is 11.5. The fourth-order valence-electron chi connectivity index (χ4n) is 1.36. The molecular weight excluding hydrogens is 201 g/mol. The number of nitrogens with two attached hydrogens (primary N) is 1. The van der Waals surface area contributed by atoms with Gasteiger partial charge in [-0.3, -0.25) is 0 Å². The molecule has 0 aliphatic carbocycles. The summed E-state index contributed by atoms with van der Waals surface area (Å²) < 4.78 is 13.6. The van der Waals surface area contributed by atoms with E-state index in [-0.39, 0.29) is 16.8 Å². The molecule has 3 heteroatoms. The second-order valence-corrected chi connectivity index (χ2v) is 3.88. The zero-order chi connectivity index (χ0) is 10.7. The first-order chi connectivity index (χ1) is 6.60. The third-order valence-corrected chi connectivity index (χ3v) is 2.68. The summed E-state index contributed by atoms with van der Waals surface area (Å²) in [6.45, 7) is 4.34. The van der Waals surface area contributed by atoms with Gasteiger partial charge in [0.25, 0.3) is 0 Å². The summed E-state index contributed by atoms with van der Waals surface area (Å²) in [6, 6.07) is 3.52. The molecule has 1 rings (SSSR count). The molecule has 0 aliphatic rings. The van der Waals surface area contributed by atoms with Crippen molar-refractivity contribution in [2.24, 2.45) is 5.73 Å². The molecule has 0 fully saturated rings. The standard InChI is InChI=1S/C11H15ClFN/c1-3-8-4-9(7(2)6-14)11(13)10(12)5-8/h4-5,7H,3,6,14H2,1-2H3. The van der Waals surface area contributed by atoms with Gasteiger partial charge in [0.05, 0.1) is 5.02 Å². The van der Waals surface area contributed by atoms with E-state index >= 15 is 0 Å². The van der Waals surface area contributed by atoms with Crippen LogP contribution in [0.3, 0.4) is 0 Å². The second-order valence-electron chi connectivity index (χ2n) is 3.47. The third kappa shape index (κ3) is 2.25. The molecule has 0 bridgehead atoms. The number of rotatable bonds is 3. The quantitative estimate of drug-likeness (QED) is 0.824. The van der Waals surface area contributed by atoms with E-state index in [0.29, 0.717) is 12.1 Å². The molecule has 1 aromatic rings. The fourth-order valence-corrected chi connectivity index (χ4v) is 1.61. The average molecular weight is 216 g/mol. The van der Waals surface area contributed by atoms with E-state index in [4.69, 9.17) is 17.3 Å². The van der Waals surface area contributed by atoms with E-state index in [0.717, 1.165) is 12.0 Å². The molecule has 78 valence electrons. The summed E-state index contributed by atoms with van der Waals surface area (Å²) in [5.41, 5.74) is 7.17. The zero-order valence-electron chi connectivity index (χ0n) is 8.48. The lowest BCUT2D eigenvalue weighted by Gasteiger charge is -2.12. The van der Waals surface area contributed by atoms with Gasteiger partial charge in [0.15, 0.2) is 0 Å². The average Bonchev–Trinajstić information content (AvgIpc) is 2.20. The van der Waals surface area contributed by atoms with Crippen LogP contribution in [0.2, 0.25) is 5.02 Å². The molecule has 1 atom stereocenters. The summed E-state index contributed by atoms with van der Waals surface area (Å²) in [5.74, 6) is -0.319. The van der Waals surface area contributed by atoms with E-state index in [1.165, 1.54) is 0 Å². The molecule has 0 spiro atoms. The predicted octanol–water partition coefficient (Wildman–Crippen LogP) is 3.10. The van der Waals surface area contributed by atoms with Crippen LogP contribution in [0, 0.1) is 5.82 Å². The number of benzene rings is 1. The highest BCUT2D eigenvalue weighted by Crippen LogP contribution is 2.26. The molecule has 0 amide bonds. The van der Waals surface area contributed by atoms with Crippen LogP contribution in [0.5, 0.6) is 0 Å². The van der Waals surface area contributed by atoms with Gasteiger partial charge in [-0.05, 0) is 36.1 Å². The molecular formula is C11H15ClFN. The molecule has 0 saturated carbocycles. The smallest absolute Gasteiger partial charge is 0.145 e. The lowest BCUT2D eigenvalue weighted by Crippen LogP contribution is -2.11. The Kier molecular flexibility index (Phi) is 3.90. The molecule has 0 heterocycles. The molecule has 14 heavy (non-hydrogen) atoms. The van der Waals surface area contributed by atoms with Crippen LogP contribution in [0.25, 0.3) is 0 Å². The third-order valence-electron chi connectivity index (χ3n) is 2.41. The van der Waals surface area contributed by atoms with Crippen LogP contribution < -0.4 is 5.73 Å². The van der Waals surface area contributed by atoms with Crippen molar-refractivity contribution >= 4 is 11.6 Å². The highest BCUT2D eigenvalue weighted by molar-refractivity contribution is 6.30. The largest absolute Gasteiger partial charge is 0.330 e. The van der Waals surface area contributed by atoms with Gasteiger partial charge in [-0.15, -0.1) is 0 Å². The van der Waals surface area contributed by atoms with Crippen molar-refractivity contribution in [2.75, 3.05) is 6.54 Å². The van der Waals surface area contributed by atoms with Crippen LogP contribution in [-0.4, -0.2) is 6.54 Å². The Hall–Kier alpha value is -0.600. The minimum absolute atomic E-state index is 0.0130. The topological polar surface area (TPSA) is 26.0 Å². The van der Waals surface area contributed by atoms with Gasteiger partial charge in [-0.1, -0.05) is 31.5 Å². The predicted molar refractivity (Wildman–Crippen MR) is 58.3 cm³/mol. The van der Waals surface area contributed by atoms with Crippen molar-refractivity contribution < 1.29 is 4.39 Å². The normalized spacial score (nSPS) is 12.9. The molecule has 0 aromatic heterocycles. The van der Waals surface area contributed by atoms with Gasteiger partial charge in [-0.2, -0.15) is 0 Å². The number of hydrogen-bond acceptors (Lipinski definition) is 1. The van der Waals surface area contributed by atoms with Gasteiger partial charge in [0, 0.05) is 0 Å². The van der Waals surface area contributed by atoms with Crippen molar-refractivity contribution in [3.8, 4) is 0 Å². The Bertz CT molecular complexity index is 325. The fraction of sp³-hybridized carbons (Fsp3) is 0.455. The summed E-state index contributed by atoms with van der Waals surface area (Å²) in [6.07, 6.45) is 0.851. The summed E-state index contributed by atoms with van der Waals surface area (Å²) in [7, 11) is 0. The van der Waals surface area contributed by atoms with Crippen LogP contribution >= 0.6 is 11.6 Å². The number of halogens is 2. The van der Waals surface area contributed by atoms with Gasteiger partial charge >= 0.3 is 0 Å².